The number of nitrogens with one attached hydrogen (secondary N) is 1. The Morgan fingerprint density at radius 1 is 0.778 bits per heavy atom. The number of anilines is 2. The van der Waals surface area contributed by atoms with Crippen LogP contribution in [-0.4, -0.2) is 26.7 Å². The van der Waals surface area contributed by atoms with E-state index < -0.39 is 22.5 Å². The predicted octanol–water partition coefficient (Wildman–Crippen LogP) is 6.06. The third kappa shape index (κ3) is 5.60. The Kier molecular flexibility index (Phi) is 7.74. The van der Waals surface area contributed by atoms with Crippen LogP contribution in [0.1, 0.15) is 15.9 Å². The van der Waals surface area contributed by atoms with Gasteiger partial charge in [0.2, 0.25) is 5.91 Å². The van der Waals surface area contributed by atoms with Crippen LogP contribution in [-0.2, 0) is 14.8 Å². The monoisotopic (exact) mass is 538 g/mol. The van der Waals surface area contributed by atoms with Crippen LogP contribution >= 0.6 is 23.2 Å². The predicted molar refractivity (Wildman–Crippen MR) is 142 cm³/mol. The van der Waals surface area contributed by atoms with Gasteiger partial charge < -0.3 is 5.32 Å². The number of para-hydroxylation sites is 1. The highest BCUT2D eigenvalue weighted by molar-refractivity contribution is 7.92. The lowest BCUT2D eigenvalue weighted by molar-refractivity contribution is -0.114. The molecule has 4 aromatic carbocycles. The van der Waals surface area contributed by atoms with E-state index in [4.69, 9.17) is 23.2 Å². The molecule has 0 aliphatic heterocycles. The van der Waals surface area contributed by atoms with Gasteiger partial charge in [0.05, 0.1) is 21.3 Å². The van der Waals surface area contributed by atoms with Gasteiger partial charge in [-0.15, -0.1) is 0 Å². The second-order valence-corrected chi connectivity index (χ2v) is 10.4. The van der Waals surface area contributed by atoms with Crippen LogP contribution in [0.3, 0.4) is 0 Å². The molecule has 182 valence electrons. The van der Waals surface area contributed by atoms with Crippen LogP contribution in [0.5, 0.6) is 0 Å². The first-order valence-electron chi connectivity index (χ1n) is 10.8. The van der Waals surface area contributed by atoms with Gasteiger partial charge in [-0.2, -0.15) is 0 Å². The molecule has 0 aliphatic rings. The molecule has 0 saturated carbocycles. The zero-order valence-corrected chi connectivity index (χ0v) is 21.1. The summed E-state index contributed by atoms with van der Waals surface area (Å²) in [5, 5.41) is 3.14. The van der Waals surface area contributed by atoms with Crippen LogP contribution < -0.4 is 9.62 Å². The molecule has 9 heteroatoms. The summed E-state index contributed by atoms with van der Waals surface area (Å²) < 4.78 is 27.9. The summed E-state index contributed by atoms with van der Waals surface area (Å²) >= 11 is 12.4. The molecule has 4 rings (SSSR count). The van der Waals surface area contributed by atoms with E-state index in [1.165, 1.54) is 42.5 Å². The maximum atomic E-state index is 13.5. The lowest BCUT2D eigenvalue weighted by Crippen LogP contribution is -2.38. The molecule has 1 N–H and O–H groups in total. The first kappa shape index (κ1) is 25.4. The van der Waals surface area contributed by atoms with E-state index in [9.17, 15) is 18.0 Å². The number of ketones is 1. The van der Waals surface area contributed by atoms with Crippen molar-refractivity contribution < 1.29 is 18.0 Å². The molecule has 0 aromatic heterocycles. The number of sulfonamides is 1. The zero-order valence-electron chi connectivity index (χ0n) is 18.8. The van der Waals surface area contributed by atoms with Gasteiger partial charge in [-0.05, 0) is 42.5 Å². The smallest absolute Gasteiger partial charge is 0.264 e. The van der Waals surface area contributed by atoms with E-state index >= 15 is 0 Å². The quantitative estimate of drug-likeness (QED) is 0.276. The molecule has 0 aliphatic carbocycles. The van der Waals surface area contributed by atoms with Gasteiger partial charge in [0, 0.05) is 16.1 Å². The summed E-state index contributed by atoms with van der Waals surface area (Å²) in [5.41, 5.74) is 0.946. The van der Waals surface area contributed by atoms with Crippen molar-refractivity contribution in [2.24, 2.45) is 0 Å². The Morgan fingerprint density at radius 3 is 2.06 bits per heavy atom. The number of carbonyl (C=O) groups excluding carboxylic acids is 2. The van der Waals surface area contributed by atoms with E-state index in [1.54, 1.807) is 60.7 Å². The SMILES string of the molecule is O=C(CN(c1ccccc1Cl)S(=O)(=O)c1ccccc1)Nc1ccc(Cl)cc1C(=O)c1ccccc1. The van der Waals surface area contributed by atoms with Crippen molar-refractivity contribution >= 4 is 56.3 Å². The zero-order chi connectivity index (χ0) is 25.7. The van der Waals surface area contributed by atoms with Gasteiger partial charge in [0.25, 0.3) is 10.0 Å². The molecule has 0 saturated heterocycles. The minimum Gasteiger partial charge on any atom is -0.324 e. The van der Waals surface area contributed by atoms with Gasteiger partial charge in [0.15, 0.2) is 5.78 Å². The summed E-state index contributed by atoms with van der Waals surface area (Å²) in [6.07, 6.45) is 0. The normalized spacial score (nSPS) is 11.1. The number of carbonyl (C=O) groups is 2. The third-order valence-electron chi connectivity index (χ3n) is 5.28. The number of hydrogen-bond donors (Lipinski definition) is 1. The van der Waals surface area contributed by atoms with E-state index in [2.05, 4.69) is 5.32 Å². The maximum absolute atomic E-state index is 13.5. The first-order valence-corrected chi connectivity index (χ1v) is 13.0. The lowest BCUT2D eigenvalue weighted by Gasteiger charge is -2.25. The van der Waals surface area contributed by atoms with Crippen molar-refractivity contribution in [2.75, 3.05) is 16.2 Å². The molecular formula is C27H20Cl2N2O4S. The maximum Gasteiger partial charge on any atom is 0.264 e. The Labute approximate surface area is 219 Å². The summed E-state index contributed by atoms with van der Waals surface area (Å²) in [5.74, 6) is -1.01. The molecule has 0 heterocycles. The summed E-state index contributed by atoms with van der Waals surface area (Å²) in [4.78, 5) is 26.3. The van der Waals surface area contributed by atoms with Crippen LogP contribution in [0, 0.1) is 0 Å². The molecule has 0 unspecified atom stereocenters. The van der Waals surface area contributed by atoms with Gasteiger partial charge in [-0.3, -0.25) is 13.9 Å². The summed E-state index contributed by atoms with van der Waals surface area (Å²) in [7, 11) is -4.14. The van der Waals surface area contributed by atoms with Crippen LogP contribution in [0.15, 0.2) is 108 Å². The highest BCUT2D eigenvalue weighted by atomic mass is 35.5. The fraction of sp³-hybridized carbons (Fsp3) is 0.0370. The largest absolute Gasteiger partial charge is 0.324 e. The van der Waals surface area contributed by atoms with Gasteiger partial charge >= 0.3 is 0 Å². The molecule has 0 radical (unpaired) electrons. The van der Waals surface area contributed by atoms with Crippen molar-refractivity contribution in [2.45, 2.75) is 4.90 Å². The minimum absolute atomic E-state index is 0.00385. The number of rotatable bonds is 8. The van der Waals surface area contributed by atoms with Gasteiger partial charge in [0.1, 0.15) is 6.54 Å². The fourth-order valence-corrected chi connectivity index (χ4v) is 5.47. The molecule has 36 heavy (non-hydrogen) atoms. The fourth-order valence-electron chi connectivity index (χ4n) is 3.55. The number of nitrogens with zero attached hydrogens (tertiary/aromatic N) is 1. The van der Waals surface area contributed by atoms with Crippen molar-refractivity contribution in [1.29, 1.82) is 0 Å². The van der Waals surface area contributed by atoms with Crippen molar-refractivity contribution in [3.63, 3.8) is 0 Å². The van der Waals surface area contributed by atoms with Crippen LogP contribution in [0.25, 0.3) is 0 Å². The van der Waals surface area contributed by atoms with Crippen molar-refractivity contribution in [3.05, 3.63) is 124 Å². The van der Waals surface area contributed by atoms with E-state index in [0.29, 0.717) is 10.6 Å². The van der Waals surface area contributed by atoms with Gasteiger partial charge in [-0.1, -0.05) is 83.9 Å². The number of amides is 1. The van der Waals surface area contributed by atoms with E-state index in [-0.39, 0.29) is 32.6 Å². The summed E-state index contributed by atoms with van der Waals surface area (Å²) in [6, 6.07) is 27.1. The molecule has 1 amide bonds. The average Bonchev–Trinajstić information content (AvgIpc) is 2.89. The topological polar surface area (TPSA) is 83.6 Å². The highest BCUT2D eigenvalue weighted by Gasteiger charge is 2.29. The standard InChI is InChI=1S/C27H20Cl2N2O4S/c28-20-15-16-24(22(17-20)27(33)19-9-3-1-4-10-19)30-26(32)18-31(25-14-8-7-13-23(25)29)36(34,35)21-11-5-2-6-12-21/h1-17H,18H2,(H,30,32). The van der Waals surface area contributed by atoms with E-state index in [1.807, 2.05) is 0 Å². The van der Waals surface area contributed by atoms with Gasteiger partial charge in [-0.25, -0.2) is 8.42 Å². The molecule has 0 spiro atoms. The number of benzene rings is 4. The number of halogens is 2. The van der Waals surface area contributed by atoms with Crippen molar-refractivity contribution in [1.82, 2.24) is 0 Å². The minimum atomic E-state index is -4.14. The van der Waals surface area contributed by atoms with Crippen LogP contribution in [0.2, 0.25) is 10.0 Å². The Balaban J connectivity index is 1.68. The second-order valence-electron chi connectivity index (χ2n) is 7.71. The third-order valence-corrected chi connectivity index (χ3v) is 7.60. The molecule has 0 fully saturated rings. The molecular weight excluding hydrogens is 519 g/mol. The Bertz CT molecular complexity index is 1510. The molecule has 4 aromatic rings. The Morgan fingerprint density at radius 2 is 1.39 bits per heavy atom. The van der Waals surface area contributed by atoms with Crippen molar-refractivity contribution in [3.8, 4) is 0 Å². The molecule has 6 nitrogen and oxygen atoms in total. The summed E-state index contributed by atoms with van der Waals surface area (Å²) in [6.45, 7) is -0.581. The molecule has 0 bridgehead atoms. The average molecular weight is 539 g/mol. The van der Waals surface area contributed by atoms with Crippen LogP contribution in [0.4, 0.5) is 11.4 Å². The number of hydrogen-bond acceptors (Lipinski definition) is 4. The first-order chi connectivity index (χ1) is 17.3. The molecule has 0 atom stereocenters. The highest BCUT2D eigenvalue weighted by Crippen LogP contribution is 2.31. The second kappa shape index (κ2) is 11.0. The lowest BCUT2D eigenvalue weighted by atomic mass is 10.0. The van der Waals surface area contributed by atoms with E-state index in [0.717, 1.165) is 4.31 Å². The Hall–Kier alpha value is -3.65.